The van der Waals surface area contributed by atoms with Gasteiger partial charge in [-0.3, -0.25) is 4.79 Å². The summed E-state index contributed by atoms with van der Waals surface area (Å²) in [6.07, 6.45) is 0.850. The summed E-state index contributed by atoms with van der Waals surface area (Å²) in [6.45, 7) is 0.526. The molecule has 0 saturated heterocycles. The van der Waals surface area contributed by atoms with E-state index in [1.807, 2.05) is 0 Å². The minimum absolute atomic E-state index is 0.0246. The number of carbonyl (C=O) groups is 1. The van der Waals surface area contributed by atoms with Gasteiger partial charge >= 0.3 is 0 Å². The molecule has 0 aromatic heterocycles. The number of phenols is 1. The monoisotopic (exact) mass is 323 g/mol. The van der Waals surface area contributed by atoms with Crippen LogP contribution in [0.25, 0.3) is 0 Å². The zero-order chi connectivity index (χ0) is 11.3. The Bertz CT molecular complexity index is 357. The molecule has 0 heterocycles. The van der Waals surface area contributed by atoms with Crippen molar-refractivity contribution in [2.75, 3.05) is 11.0 Å². The maximum atomic E-state index is 12.8. The fraction of sp³-hybridized carbons (Fsp3) is 0.300. The van der Waals surface area contributed by atoms with E-state index < -0.39 is 11.7 Å². The van der Waals surface area contributed by atoms with E-state index in [1.165, 1.54) is 6.07 Å². The van der Waals surface area contributed by atoms with E-state index in [2.05, 4.69) is 27.9 Å². The Kier molecular flexibility index (Phi) is 4.80. The van der Waals surface area contributed by atoms with Crippen molar-refractivity contribution in [3.05, 3.63) is 29.6 Å². The molecule has 0 aliphatic rings. The van der Waals surface area contributed by atoms with Gasteiger partial charge in [0.1, 0.15) is 11.6 Å². The molecule has 0 aliphatic carbocycles. The highest BCUT2D eigenvalue weighted by molar-refractivity contribution is 14.1. The molecule has 0 radical (unpaired) electrons. The molecule has 82 valence electrons. The molecular formula is C10H11FINO2. The van der Waals surface area contributed by atoms with Crippen molar-refractivity contribution < 1.29 is 14.3 Å². The molecule has 1 amide bonds. The third-order valence-corrected chi connectivity index (χ3v) is 2.56. The summed E-state index contributed by atoms with van der Waals surface area (Å²) < 4.78 is 13.7. The molecule has 0 aliphatic heterocycles. The number of carbonyl (C=O) groups excluding carboxylic acids is 1. The highest BCUT2D eigenvalue weighted by atomic mass is 127. The van der Waals surface area contributed by atoms with Gasteiger partial charge < -0.3 is 10.4 Å². The number of benzene rings is 1. The molecule has 0 atom stereocenters. The lowest BCUT2D eigenvalue weighted by molar-refractivity contribution is 0.0950. The Labute approximate surface area is 101 Å². The van der Waals surface area contributed by atoms with E-state index in [1.54, 1.807) is 0 Å². The molecule has 0 bridgehead atoms. The van der Waals surface area contributed by atoms with E-state index >= 15 is 0 Å². The second-order valence-corrected chi connectivity index (χ2v) is 4.04. The van der Waals surface area contributed by atoms with Crippen LogP contribution in [0, 0.1) is 5.82 Å². The third kappa shape index (κ3) is 3.65. The number of halogens is 2. The molecule has 15 heavy (non-hydrogen) atoms. The largest absolute Gasteiger partial charge is 0.507 e. The summed E-state index contributed by atoms with van der Waals surface area (Å²) in [5.41, 5.74) is -0.0246. The number of amides is 1. The van der Waals surface area contributed by atoms with Crippen molar-refractivity contribution in [1.82, 2.24) is 5.32 Å². The molecular weight excluding hydrogens is 312 g/mol. The van der Waals surface area contributed by atoms with Gasteiger partial charge in [0.05, 0.1) is 5.56 Å². The van der Waals surface area contributed by atoms with Crippen LogP contribution in [0.2, 0.25) is 0 Å². The van der Waals surface area contributed by atoms with Gasteiger partial charge in [-0.25, -0.2) is 4.39 Å². The first-order chi connectivity index (χ1) is 7.15. The number of nitrogens with one attached hydrogen (secondary N) is 1. The average Bonchev–Trinajstić information content (AvgIpc) is 2.22. The summed E-state index contributed by atoms with van der Waals surface area (Å²) in [5, 5.41) is 11.9. The normalized spacial score (nSPS) is 10.0. The van der Waals surface area contributed by atoms with Gasteiger partial charge in [0.2, 0.25) is 0 Å². The number of phenolic OH excluding ortho intramolecular Hbond substituents is 1. The summed E-state index contributed by atoms with van der Waals surface area (Å²) in [6, 6.07) is 3.30. The summed E-state index contributed by atoms with van der Waals surface area (Å²) in [7, 11) is 0. The number of alkyl halides is 1. The van der Waals surface area contributed by atoms with Crippen molar-refractivity contribution in [1.29, 1.82) is 0 Å². The predicted molar refractivity (Wildman–Crippen MR) is 63.9 cm³/mol. The number of aromatic hydroxyl groups is 1. The number of hydrogen-bond donors (Lipinski definition) is 2. The maximum absolute atomic E-state index is 12.8. The first-order valence-electron chi connectivity index (χ1n) is 4.48. The summed E-state index contributed by atoms with van der Waals surface area (Å²) in [5.74, 6) is -1.19. The van der Waals surface area contributed by atoms with Gasteiger partial charge in [-0.05, 0) is 24.6 Å². The predicted octanol–water partition coefficient (Wildman–Crippen LogP) is 2.09. The van der Waals surface area contributed by atoms with Crippen LogP contribution in [0.5, 0.6) is 5.75 Å². The molecule has 1 rings (SSSR count). The lowest BCUT2D eigenvalue weighted by Crippen LogP contribution is -2.24. The standard InChI is InChI=1S/C10H11FINO2/c11-7-2-3-9(14)8(6-7)10(15)13-5-1-4-12/h2-3,6,14H,1,4-5H2,(H,13,15). The van der Waals surface area contributed by atoms with E-state index in [0.29, 0.717) is 6.54 Å². The molecule has 3 nitrogen and oxygen atoms in total. The molecule has 0 fully saturated rings. The SMILES string of the molecule is O=C(NCCCI)c1cc(F)ccc1O. The quantitative estimate of drug-likeness (QED) is 0.506. The van der Waals surface area contributed by atoms with Crippen LogP contribution in [0.4, 0.5) is 4.39 Å². The number of hydrogen-bond acceptors (Lipinski definition) is 2. The third-order valence-electron chi connectivity index (χ3n) is 1.80. The Hall–Kier alpha value is -0.850. The van der Waals surface area contributed by atoms with Gasteiger partial charge in [-0.1, -0.05) is 22.6 Å². The van der Waals surface area contributed by atoms with Gasteiger partial charge in [0.25, 0.3) is 5.91 Å². The van der Waals surface area contributed by atoms with Crippen molar-refractivity contribution in [2.24, 2.45) is 0 Å². The fourth-order valence-corrected chi connectivity index (χ4v) is 1.44. The minimum Gasteiger partial charge on any atom is -0.507 e. The van der Waals surface area contributed by atoms with Crippen LogP contribution in [-0.4, -0.2) is 22.0 Å². The van der Waals surface area contributed by atoms with Crippen LogP contribution < -0.4 is 5.32 Å². The lowest BCUT2D eigenvalue weighted by Gasteiger charge is -2.05. The zero-order valence-corrected chi connectivity index (χ0v) is 10.1. The second kappa shape index (κ2) is 5.89. The Balaban J connectivity index is 2.68. The van der Waals surface area contributed by atoms with Crippen LogP contribution in [0.15, 0.2) is 18.2 Å². The molecule has 2 N–H and O–H groups in total. The topological polar surface area (TPSA) is 49.3 Å². The van der Waals surface area contributed by atoms with Crippen molar-refractivity contribution in [3.63, 3.8) is 0 Å². The van der Waals surface area contributed by atoms with Gasteiger partial charge in [0, 0.05) is 11.0 Å². The average molecular weight is 323 g/mol. The molecule has 1 aromatic rings. The zero-order valence-electron chi connectivity index (χ0n) is 7.96. The minimum atomic E-state index is -0.535. The van der Waals surface area contributed by atoms with Gasteiger partial charge in [-0.2, -0.15) is 0 Å². The smallest absolute Gasteiger partial charge is 0.255 e. The number of rotatable bonds is 4. The molecule has 0 saturated carbocycles. The van der Waals surface area contributed by atoms with E-state index in [0.717, 1.165) is 23.0 Å². The Morgan fingerprint density at radius 2 is 2.27 bits per heavy atom. The van der Waals surface area contributed by atoms with Crippen molar-refractivity contribution in [2.45, 2.75) is 6.42 Å². The first kappa shape index (κ1) is 12.2. The van der Waals surface area contributed by atoms with Crippen LogP contribution in [0.3, 0.4) is 0 Å². The summed E-state index contributed by atoms with van der Waals surface area (Å²) >= 11 is 2.20. The second-order valence-electron chi connectivity index (χ2n) is 2.96. The van der Waals surface area contributed by atoms with Crippen molar-refractivity contribution in [3.8, 4) is 5.75 Å². The van der Waals surface area contributed by atoms with Crippen LogP contribution in [-0.2, 0) is 0 Å². The molecule has 5 heteroatoms. The van der Waals surface area contributed by atoms with Crippen molar-refractivity contribution >= 4 is 28.5 Å². The lowest BCUT2D eigenvalue weighted by atomic mass is 10.2. The molecule has 1 aromatic carbocycles. The van der Waals surface area contributed by atoms with Gasteiger partial charge in [-0.15, -0.1) is 0 Å². The van der Waals surface area contributed by atoms with Gasteiger partial charge in [0.15, 0.2) is 0 Å². The highest BCUT2D eigenvalue weighted by Crippen LogP contribution is 2.17. The molecule has 0 unspecified atom stereocenters. The van der Waals surface area contributed by atoms with E-state index in [-0.39, 0.29) is 11.3 Å². The fourth-order valence-electron chi connectivity index (χ4n) is 1.05. The van der Waals surface area contributed by atoms with Crippen LogP contribution >= 0.6 is 22.6 Å². The van der Waals surface area contributed by atoms with Crippen LogP contribution in [0.1, 0.15) is 16.8 Å². The Morgan fingerprint density at radius 3 is 2.93 bits per heavy atom. The van der Waals surface area contributed by atoms with E-state index in [4.69, 9.17) is 0 Å². The molecule has 0 spiro atoms. The maximum Gasteiger partial charge on any atom is 0.255 e. The first-order valence-corrected chi connectivity index (χ1v) is 6.00. The highest BCUT2D eigenvalue weighted by Gasteiger charge is 2.11. The van der Waals surface area contributed by atoms with E-state index in [9.17, 15) is 14.3 Å². The summed E-state index contributed by atoms with van der Waals surface area (Å²) in [4.78, 5) is 11.5. The Morgan fingerprint density at radius 1 is 1.53 bits per heavy atom.